The summed E-state index contributed by atoms with van der Waals surface area (Å²) >= 11 is 1.83. The van der Waals surface area contributed by atoms with Crippen LogP contribution in [0.1, 0.15) is 40.5 Å². The molecule has 0 radical (unpaired) electrons. The lowest BCUT2D eigenvalue weighted by Crippen LogP contribution is -2.49. The van der Waals surface area contributed by atoms with Crippen molar-refractivity contribution >= 4 is 23.3 Å². The molecule has 3 aliphatic heterocycles. The molecule has 1 aromatic rings. The van der Waals surface area contributed by atoms with Crippen molar-refractivity contribution in [2.24, 2.45) is 5.41 Å². The minimum Gasteiger partial charge on any atom is -0.370 e. The van der Waals surface area contributed by atoms with Crippen LogP contribution in [0.15, 0.2) is 29.6 Å². The Morgan fingerprint density at radius 1 is 1.29 bits per heavy atom. The lowest BCUT2D eigenvalue weighted by molar-refractivity contribution is -0.115. The molecule has 1 aromatic heterocycles. The lowest BCUT2D eigenvalue weighted by Gasteiger charge is -2.46. The van der Waals surface area contributed by atoms with Gasteiger partial charge in [0.1, 0.15) is 0 Å². The highest BCUT2D eigenvalue weighted by atomic mass is 32.2. The SMILES string of the molecule is O=C1C=C[C@@]23C[C@@H](NC4=C2C2NCCc5c[nH]c(c52)C4=O)S[C@@H]3C1. The topological polar surface area (TPSA) is 74.0 Å². The fourth-order valence-corrected chi connectivity index (χ4v) is 7.02. The normalized spacial score (nSPS) is 38.6. The summed E-state index contributed by atoms with van der Waals surface area (Å²) in [7, 11) is 0. The highest BCUT2D eigenvalue weighted by Crippen LogP contribution is 2.62. The number of nitrogens with one attached hydrogen (secondary N) is 3. The predicted molar refractivity (Wildman–Crippen MR) is 90.7 cm³/mol. The molecule has 0 saturated carbocycles. The highest BCUT2D eigenvalue weighted by molar-refractivity contribution is 8.00. The second-order valence-electron chi connectivity index (χ2n) is 7.36. The van der Waals surface area contributed by atoms with Crippen LogP contribution in [0, 0.1) is 5.41 Å². The van der Waals surface area contributed by atoms with Gasteiger partial charge in [-0.25, -0.2) is 0 Å². The molecule has 5 nitrogen and oxygen atoms in total. The Labute approximate surface area is 143 Å². The molecule has 4 heterocycles. The second-order valence-corrected chi connectivity index (χ2v) is 8.77. The molecule has 0 aromatic carbocycles. The van der Waals surface area contributed by atoms with Crippen LogP contribution >= 0.6 is 11.8 Å². The first-order valence-corrected chi connectivity index (χ1v) is 9.48. The van der Waals surface area contributed by atoms with Crippen molar-refractivity contribution in [3.63, 3.8) is 0 Å². The van der Waals surface area contributed by atoms with E-state index < -0.39 is 0 Å². The monoisotopic (exact) mass is 339 g/mol. The standard InChI is InChI=1S/C18H17N3O2S/c22-9-1-3-18-6-11(24-10(18)5-9)21-16-13(18)14-12-8(2-4-19-14)7-20-15(12)17(16)23/h1,3,7,10-11,14,19-21H,2,4-6H2/t10-,11+,14?,18+/m1/s1. The molecule has 6 heteroatoms. The first-order valence-electron chi connectivity index (χ1n) is 8.54. The fraction of sp³-hybridized carbons (Fsp3) is 0.444. The number of thioether (sulfide) groups is 1. The largest absolute Gasteiger partial charge is 0.370 e. The van der Waals surface area contributed by atoms with E-state index in [4.69, 9.17) is 0 Å². The van der Waals surface area contributed by atoms with Gasteiger partial charge in [0, 0.05) is 35.4 Å². The number of hydrogen-bond donors (Lipinski definition) is 3. The first kappa shape index (κ1) is 13.5. The number of Topliss-reactive ketones (excluding diaryl/α,β-unsaturated/α-hetero) is 1. The smallest absolute Gasteiger partial charge is 0.225 e. The van der Waals surface area contributed by atoms with Crippen molar-refractivity contribution in [2.45, 2.75) is 35.9 Å². The zero-order chi connectivity index (χ0) is 16.1. The van der Waals surface area contributed by atoms with Crippen LogP contribution in [-0.4, -0.2) is 33.7 Å². The maximum atomic E-state index is 13.1. The lowest BCUT2D eigenvalue weighted by atomic mass is 9.62. The minimum absolute atomic E-state index is 0.0789. The molecule has 6 rings (SSSR count). The maximum Gasteiger partial charge on any atom is 0.225 e. The van der Waals surface area contributed by atoms with Crippen LogP contribution < -0.4 is 10.6 Å². The molecule has 2 aliphatic carbocycles. The third kappa shape index (κ3) is 1.43. The van der Waals surface area contributed by atoms with E-state index in [9.17, 15) is 9.59 Å². The number of ketones is 2. The van der Waals surface area contributed by atoms with Gasteiger partial charge in [0.15, 0.2) is 5.78 Å². The van der Waals surface area contributed by atoms with Crippen molar-refractivity contribution in [3.05, 3.63) is 46.4 Å². The molecule has 1 spiro atoms. The van der Waals surface area contributed by atoms with Crippen LogP contribution in [0.25, 0.3) is 0 Å². The van der Waals surface area contributed by atoms with E-state index in [2.05, 4.69) is 21.7 Å². The summed E-state index contributed by atoms with van der Waals surface area (Å²) in [6.45, 7) is 0.917. The molecule has 1 saturated heterocycles. The zero-order valence-electron chi connectivity index (χ0n) is 13.0. The highest BCUT2D eigenvalue weighted by Gasteiger charge is 2.59. The number of hydrogen-bond acceptors (Lipinski definition) is 5. The van der Waals surface area contributed by atoms with Crippen LogP contribution in [0.5, 0.6) is 0 Å². The van der Waals surface area contributed by atoms with Gasteiger partial charge >= 0.3 is 0 Å². The van der Waals surface area contributed by atoms with Crippen LogP contribution in [0.3, 0.4) is 0 Å². The Bertz CT molecular complexity index is 883. The van der Waals surface area contributed by atoms with Gasteiger partial charge in [-0.05, 0) is 30.1 Å². The molecule has 24 heavy (non-hydrogen) atoms. The number of fused-ring (bicyclic) bond motifs is 2. The van der Waals surface area contributed by atoms with Gasteiger partial charge in [0.05, 0.1) is 22.8 Å². The Balaban J connectivity index is 1.63. The van der Waals surface area contributed by atoms with E-state index in [1.54, 1.807) is 6.08 Å². The molecular formula is C18H17N3O2S. The Morgan fingerprint density at radius 3 is 3.12 bits per heavy atom. The van der Waals surface area contributed by atoms with Crippen molar-refractivity contribution in [2.75, 3.05) is 6.54 Å². The van der Waals surface area contributed by atoms with Gasteiger partial charge in [-0.1, -0.05) is 6.08 Å². The summed E-state index contributed by atoms with van der Waals surface area (Å²) in [5.41, 5.74) is 4.91. The van der Waals surface area contributed by atoms with E-state index in [1.807, 2.05) is 18.0 Å². The Hall–Kier alpha value is -1.79. The third-order valence-corrected chi connectivity index (χ3v) is 7.76. The molecule has 3 N–H and O–H groups in total. The van der Waals surface area contributed by atoms with Gasteiger partial charge in [-0.2, -0.15) is 0 Å². The van der Waals surface area contributed by atoms with E-state index in [0.29, 0.717) is 6.42 Å². The average Bonchev–Trinajstić information content (AvgIpc) is 3.12. The number of aromatic amines is 1. The number of rotatable bonds is 0. The van der Waals surface area contributed by atoms with E-state index in [-0.39, 0.29) is 33.6 Å². The molecule has 5 aliphatic rings. The number of aromatic nitrogens is 1. The number of carbonyl (C=O) groups is 2. The third-order valence-electron chi connectivity index (χ3n) is 6.24. The van der Waals surface area contributed by atoms with Gasteiger partial charge in [0.2, 0.25) is 5.78 Å². The van der Waals surface area contributed by atoms with E-state index in [1.165, 1.54) is 11.1 Å². The number of allylic oxidation sites excluding steroid dienone is 3. The van der Waals surface area contributed by atoms with Crippen molar-refractivity contribution in [1.82, 2.24) is 15.6 Å². The average molecular weight is 339 g/mol. The number of H-pyrrole nitrogens is 1. The first-order chi connectivity index (χ1) is 11.7. The quantitative estimate of drug-likeness (QED) is 0.670. The number of carbonyl (C=O) groups excluding carboxylic acids is 2. The summed E-state index contributed by atoms with van der Waals surface area (Å²) in [6.07, 6.45) is 8.34. The summed E-state index contributed by atoms with van der Waals surface area (Å²) in [6, 6.07) is 0.0789. The summed E-state index contributed by atoms with van der Waals surface area (Å²) < 4.78 is 0. The van der Waals surface area contributed by atoms with Crippen LogP contribution in [-0.2, 0) is 11.2 Å². The molecule has 1 fully saturated rings. The molecule has 0 amide bonds. The van der Waals surface area contributed by atoms with Gasteiger partial charge in [0.25, 0.3) is 0 Å². The second kappa shape index (κ2) is 4.24. The Kier molecular flexibility index (Phi) is 2.38. The summed E-state index contributed by atoms with van der Waals surface area (Å²) in [4.78, 5) is 28.3. The molecule has 1 unspecified atom stereocenters. The van der Waals surface area contributed by atoms with Crippen molar-refractivity contribution in [3.8, 4) is 0 Å². The minimum atomic E-state index is -0.166. The maximum absolute atomic E-state index is 13.1. The Morgan fingerprint density at radius 2 is 2.21 bits per heavy atom. The molecule has 4 atom stereocenters. The van der Waals surface area contributed by atoms with Gasteiger partial charge in [-0.15, -0.1) is 11.8 Å². The van der Waals surface area contributed by atoms with E-state index in [0.717, 1.165) is 36.3 Å². The molecular weight excluding hydrogens is 322 g/mol. The van der Waals surface area contributed by atoms with E-state index >= 15 is 0 Å². The van der Waals surface area contributed by atoms with Gasteiger partial charge < -0.3 is 15.6 Å². The van der Waals surface area contributed by atoms with Crippen molar-refractivity contribution < 1.29 is 9.59 Å². The fourth-order valence-electron chi connectivity index (χ4n) is 5.26. The summed E-state index contributed by atoms with van der Waals surface area (Å²) in [5.74, 6) is 0.288. The molecule has 122 valence electrons. The predicted octanol–water partition coefficient (Wildman–Crippen LogP) is 1.60. The summed E-state index contributed by atoms with van der Waals surface area (Å²) in [5, 5.41) is 7.59. The molecule has 2 bridgehead atoms. The van der Waals surface area contributed by atoms with Gasteiger partial charge in [-0.3, -0.25) is 9.59 Å². The van der Waals surface area contributed by atoms with Crippen LogP contribution in [0.4, 0.5) is 0 Å². The zero-order valence-corrected chi connectivity index (χ0v) is 13.8. The van der Waals surface area contributed by atoms with Crippen LogP contribution in [0.2, 0.25) is 0 Å². The van der Waals surface area contributed by atoms with Crippen molar-refractivity contribution in [1.29, 1.82) is 0 Å².